The van der Waals surface area contributed by atoms with Crippen LogP contribution in [-0.4, -0.2) is 64.6 Å². The van der Waals surface area contributed by atoms with Gasteiger partial charge in [0.1, 0.15) is 47.4 Å². The number of alkyl halides is 7. The highest BCUT2D eigenvalue weighted by molar-refractivity contribution is 7.92. The monoisotopic (exact) mass is 951 g/mol. The van der Waals surface area contributed by atoms with Crippen molar-refractivity contribution in [1.82, 2.24) is 49.4 Å². The Morgan fingerprint density at radius 3 is 2.40 bits per heavy atom. The number of aryl methyl sites for hydroxylation is 1. The van der Waals surface area contributed by atoms with Gasteiger partial charge in [0.05, 0.1) is 50.7 Å². The second kappa shape index (κ2) is 15.2. The molecule has 26 heteroatoms. The van der Waals surface area contributed by atoms with E-state index in [0.29, 0.717) is 23.1 Å². The smallest absolute Gasteiger partial charge is 0.344 e. The van der Waals surface area contributed by atoms with Gasteiger partial charge in [-0.1, -0.05) is 11.6 Å². The highest BCUT2D eigenvalue weighted by Crippen LogP contribution is 2.68. The molecule has 1 fully saturated rings. The topological polar surface area (TPSA) is 184 Å². The Morgan fingerprint density at radius 1 is 1.00 bits per heavy atom. The first kappa shape index (κ1) is 43.6. The lowest BCUT2D eigenvalue weighted by Crippen LogP contribution is -2.38. The van der Waals surface area contributed by atoms with Gasteiger partial charge in [0.2, 0.25) is 15.9 Å². The van der Waals surface area contributed by atoms with Crippen molar-refractivity contribution in [3.63, 3.8) is 0 Å². The first-order valence-corrected chi connectivity index (χ1v) is 21.2. The summed E-state index contributed by atoms with van der Waals surface area (Å²) >= 11 is 6.57. The second-order valence-electron chi connectivity index (χ2n) is 15.4. The van der Waals surface area contributed by atoms with Crippen LogP contribution in [0.2, 0.25) is 5.02 Å². The lowest BCUT2D eigenvalue weighted by atomic mass is 10.0. The third kappa shape index (κ3) is 7.78. The highest BCUT2D eigenvalue weighted by Gasteiger charge is 2.67. The van der Waals surface area contributed by atoms with E-state index < -0.39 is 111 Å². The number of amides is 1. The molecule has 2 N–H and O–H groups in total. The minimum Gasteiger partial charge on any atom is -0.344 e. The van der Waals surface area contributed by atoms with E-state index in [1.165, 1.54) is 19.2 Å². The van der Waals surface area contributed by atoms with Crippen LogP contribution in [0.3, 0.4) is 0 Å². The Hall–Kier alpha value is -6.63. The van der Waals surface area contributed by atoms with E-state index in [0.717, 1.165) is 39.8 Å². The number of hydrogen-bond acceptors (Lipinski definition) is 10. The fourth-order valence-corrected chi connectivity index (χ4v) is 8.99. The fraction of sp³-hybridized carbons (Fsp3) is 0.282. The van der Waals surface area contributed by atoms with Crippen LogP contribution in [0.25, 0.3) is 39.0 Å². The van der Waals surface area contributed by atoms with E-state index in [-0.39, 0.29) is 61.8 Å². The molecule has 5 heterocycles. The minimum atomic E-state index is -4.89. The number of pyridine rings is 1. The number of nitrogens with one attached hydrogen (secondary N) is 2. The molecule has 0 bridgehead atoms. The fourth-order valence-electron chi connectivity index (χ4n) is 8.26. The number of benzene rings is 2. The molecule has 0 spiro atoms. The average molecular weight is 952 g/mol. The largest absolute Gasteiger partial charge is 0.433 e. The predicted molar refractivity (Wildman–Crippen MR) is 212 cm³/mol. The molecular weight excluding hydrogens is 925 g/mol. The van der Waals surface area contributed by atoms with Gasteiger partial charge in [-0.15, -0.1) is 0 Å². The molecule has 2 aromatic carbocycles. The van der Waals surface area contributed by atoms with Gasteiger partial charge in [-0.05, 0) is 60.4 Å². The summed E-state index contributed by atoms with van der Waals surface area (Å²) in [4.78, 5) is 45.1. The van der Waals surface area contributed by atoms with E-state index in [1.807, 2.05) is 0 Å². The average Bonchev–Trinajstić information content (AvgIpc) is 3.75. The van der Waals surface area contributed by atoms with Gasteiger partial charge in [-0.3, -0.25) is 28.2 Å². The molecule has 0 saturated heterocycles. The summed E-state index contributed by atoms with van der Waals surface area (Å²) in [7, 11) is -2.63. The number of carbonyl (C=O) groups is 1. The minimum absolute atomic E-state index is 0.0206. The Labute approximate surface area is 363 Å². The quantitative estimate of drug-likeness (QED) is 0.130. The molecule has 1 amide bonds. The summed E-state index contributed by atoms with van der Waals surface area (Å²) in [6.07, 6.45) is -7.38. The van der Waals surface area contributed by atoms with Crippen LogP contribution in [0.1, 0.15) is 58.8 Å². The Kier molecular flexibility index (Phi) is 10.2. The number of nitrogens with zero attached hydrogens (tertiary/aromatic N) is 9. The van der Waals surface area contributed by atoms with Crippen molar-refractivity contribution in [2.75, 3.05) is 11.0 Å². The molecule has 2 aliphatic rings. The third-order valence-electron chi connectivity index (χ3n) is 10.9. The molecule has 2 aliphatic carbocycles. The zero-order chi connectivity index (χ0) is 46.7. The molecular formula is C39H27ClF9N11O4S. The number of halogens is 10. The summed E-state index contributed by atoms with van der Waals surface area (Å²) < 4.78 is 159. The molecule has 0 aliphatic heterocycles. The van der Waals surface area contributed by atoms with Crippen molar-refractivity contribution in [2.45, 2.75) is 49.9 Å². The number of carbonyl (C=O) groups excluding carboxylic acids is 1. The van der Waals surface area contributed by atoms with E-state index >= 15 is 8.78 Å². The van der Waals surface area contributed by atoms with Gasteiger partial charge in [0.15, 0.2) is 11.5 Å². The van der Waals surface area contributed by atoms with Crippen molar-refractivity contribution in [2.24, 2.45) is 13.0 Å². The van der Waals surface area contributed by atoms with Crippen molar-refractivity contribution < 1.29 is 52.7 Å². The van der Waals surface area contributed by atoms with Gasteiger partial charge >= 0.3 is 6.18 Å². The van der Waals surface area contributed by atoms with Crippen LogP contribution in [-0.2, 0) is 46.9 Å². The van der Waals surface area contributed by atoms with Gasteiger partial charge in [-0.25, -0.2) is 45.9 Å². The molecule has 65 heavy (non-hydrogen) atoms. The zero-order valence-corrected chi connectivity index (χ0v) is 34.5. The number of rotatable bonds is 11. The first-order chi connectivity index (χ1) is 30.5. The van der Waals surface area contributed by atoms with E-state index in [4.69, 9.17) is 11.6 Å². The molecule has 5 aromatic heterocycles. The highest BCUT2D eigenvalue weighted by atomic mass is 35.5. The summed E-state index contributed by atoms with van der Waals surface area (Å²) in [5, 5.41) is 10.0. The van der Waals surface area contributed by atoms with E-state index in [1.54, 1.807) is 0 Å². The maximum absolute atomic E-state index is 15.5. The molecule has 1 saturated carbocycles. The number of fused-ring (bicyclic) bond motifs is 5. The molecule has 9 rings (SSSR count). The van der Waals surface area contributed by atoms with Gasteiger partial charge in [0, 0.05) is 31.0 Å². The number of sulfonamides is 1. The summed E-state index contributed by atoms with van der Waals surface area (Å²) in [6.45, 7) is -1.10. The standard InChI is InChI=1S/C39H27ClF9N11O4S/c1-58-31-25(6-4-21(40)29(31)35(56-58)57-65(2,63)64)60-36(54-34-18(37(60)62)3-5-22(53-34)23-12-26(39(47,48)49)51-14-50-23)24(9-15-7-16(41)10-17(42)8-15)52-27(61)13-59-32-28(30(55-59)33(43)44)19-11-20(19)38(32,45)46/h3-8,10,12,14,19-20,24,33H,9,11,13H2,1-2H3,(H,52,61)(H,56,57)/t19-,20+,24-/m0/s1. The lowest BCUT2D eigenvalue weighted by molar-refractivity contribution is -0.141. The van der Waals surface area contributed by atoms with Gasteiger partial charge in [-0.2, -0.15) is 32.1 Å². The number of anilines is 1. The van der Waals surface area contributed by atoms with Crippen molar-refractivity contribution in [3.05, 3.63) is 116 Å². The maximum atomic E-state index is 15.5. The van der Waals surface area contributed by atoms with E-state index in [9.17, 15) is 48.7 Å². The second-order valence-corrected chi connectivity index (χ2v) is 17.5. The molecule has 0 radical (unpaired) electrons. The van der Waals surface area contributed by atoms with Crippen LogP contribution in [0.15, 0.2) is 59.7 Å². The summed E-state index contributed by atoms with van der Waals surface area (Å²) in [6, 6.07) is 6.05. The van der Waals surface area contributed by atoms with Crippen molar-refractivity contribution in [3.8, 4) is 17.1 Å². The van der Waals surface area contributed by atoms with Crippen LogP contribution < -0.4 is 15.6 Å². The van der Waals surface area contributed by atoms with Crippen LogP contribution >= 0.6 is 11.6 Å². The Balaban J connectivity index is 1.26. The SMILES string of the molecule is Cn1nc(NS(C)(=O)=O)c2c(Cl)ccc(-n3c([C@H](Cc4cc(F)cc(F)c4)NC(=O)Cn4nc(C(F)F)c5c4C(F)(F)[C@@H]4C[C@H]54)nc4nc(-c5cc(C(F)(F)F)ncn5)ccc4c3=O)c21. The van der Waals surface area contributed by atoms with Crippen molar-refractivity contribution >= 4 is 55.3 Å². The number of aromatic nitrogens is 9. The van der Waals surface area contributed by atoms with Crippen LogP contribution in [0.4, 0.5) is 45.3 Å². The molecule has 15 nitrogen and oxygen atoms in total. The maximum Gasteiger partial charge on any atom is 0.433 e. The van der Waals surface area contributed by atoms with Crippen LogP contribution in [0, 0.1) is 17.6 Å². The third-order valence-corrected chi connectivity index (χ3v) is 11.8. The zero-order valence-electron chi connectivity index (χ0n) is 33.0. The Morgan fingerprint density at radius 2 is 1.72 bits per heavy atom. The number of hydrogen-bond donors (Lipinski definition) is 2. The normalized spacial score (nSPS) is 17.1. The van der Waals surface area contributed by atoms with Gasteiger partial charge in [0.25, 0.3) is 17.9 Å². The van der Waals surface area contributed by atoms with E-state index in [2.05, 4.69) is 40.2 Å². The van der Waals surface area contributed by atoms with Crippen molar-refractivity contribution in [1.29, 1.82) is 0 Å². The molecule has 338 valence electrons. The molecule has 0 unspecified atom stereocenters. The first-order valence-electron chi connectivity index (χ1n) is 19.0. The predicted octanol–water partition coefficient (Wildman–Crippen LogP) is 6.89. The molecule has 3 atom stereocenters. The molecule has 7 aromatic rings. The summed E-state index contributed by atoms with van der Waals surface area (Å²) in [5.74, 6) is -9.91. The van der Waals surface area contributed by atoms with Crippen LogP contribution in [0.5, 0.6) is 0 Å². The summed E-state index contributed by atoms with van der Waals surface area (Å²) in [5.41, 5.74) is -5.85. The lowest BCUT2D eigenvalue weighted by Gasteiger charge is -2.24. The Bertz CT molecular complexity index is 3300. The van der Waals surface area contributed by atoms with Gasteiger partial charge < -0.3 is 5.32 Å².